The number of aromatic nitrogens is 1. The van der Waals surface area contributed by atoms with Crippen molar-refractivity contribution in [2.45, 2.75) is 27.3 Å². The first-order valence-electron chi connectivity index (χ1n) is 6.71. The van der Waals surface area contributed by atoms with E-state index in [0.29, 0.717) is 5.56 Å². The summed E-state index contributed by atoms with van der Waals surface area (Å²) in [5.41, 5.74) is 2.38. The second-order valence-corrected chi connectivity index (χ2v) is 4.82. The average Bonchev–Trinajstić information content (AvgIpc) is 2.74. The van der Waals surface area contributed by atoms with Crippen LogP contribution in [0.5, 0.6) is 5.75 Å². The third-order valence-corrected chi connectivity index (χ3v) is 3.44. The first-order chi connectivity index (χ1) is 9.93. The predicted molar refractivity (Wildman–Crippen MR) is 75.8 cm³/mol. The summed E-state index contributed by atoms with van der Waals surface area (Å²) in [6.07, 6.45) is 0. The van der Waals surface area contributed by atoms with Crippen LogP contribution < -0.4 is 4.74 Å². The normalized spacial score (nSPS) is 10.7. The Morgan fingerprint density at radius 1 is 1.24 bits per heavy atom. The van der Waals surface area contributed by atoms with Gasteiger partial charge in [0.15, 0.2) is 18.2 Å². The molecule has 3 nitrogen and oxygen atoms in total. The lowest BCUT2D eigenvalue weighted by Crippen LogP contribution is -2.13. The SMILES string of the molecule is CCn1c(C)cc(C(=O)COc2cc(F)ccc2F)c1C. The van der Waals surface area contributed by atoms with E-state index in [1.54, 1.807) is 6.07 Å². The van der Waals surface area contributed by atoms with Crippen LogP contribution >= 0.6 is 0 Å². The van der Waals surface area contributed by atoms with Crippen molar-refractivity contribution in [2.75, 3.05) is 6.61 Å². The summed E-state index contributed by atoms with van der Waals surface area (Å²) < 4.78 is 33.6. The molecule has 0 saturated carbocycles. The van der Waals surface area contributed by atoms with Crippen molar-refractivity contribution in [3.8, 4) is 5.75 Å². The van der Waals surface area contributed by atoms with Gasteiger partial charge in [0.05, 0.1) is 0 Å². The number of hydrogen-bond acceptors (Lipinski definition) is 2. The molecule has 0 unspecified atom stereocenters. The molecule has 0 radical (unpaired) electrons. The molecule has 5 heteroatoms. The lowest BCUT2D eigenvalue weighted by molar-refractivity contribution is 0.0917. The van der Waals surface area contributed by atoms with Crippen LogP contribution in [-0.4, -0.2) is 17.0 Å². The van der Waals surface area contributed by atoms with E-state index in [9.17, 15) is 13.6 Å². The van der Waals surface area contributed by atoms with Crippen LogP contribution in [0.3, 0.4) is 0 Å². The number of rotatable bonds is 5. The van der Waals surface area contributed by atoms with Crippen LogP contribution in [-0.2, 0) is 6.54 Å². The van der Waals surface area contributed by atoms with Gasteiger partial charge in [-0.3, -0.25) is 4.79 Å². The van der Waals surface area contributed by atoms with Crippen molar-refractivity contribution in [3.05, 3.63) is 52.9 Å². The number of benzene rings is 1. The van der Waals surface area contributed by atoms with Crippen molar-refractivity contribution in [1.29, 1.82) is 0 Å². The number of ether oxygens (including phenoxy) is 1. The topological polar surface area (TPSA) is 31.2 Å². The molecule has 1 heterocycles. The summed E-state index contributed by atoms with van der Waals surface area (Å²) >= 11 is 0. The summed E-state index contributed by atoms with van der Waals surface area (Å²) in [6.45, 7) is 6.21. The first-order valence-corrected chi connectivity index (χ1v) is 6.71. The number of carbonyl (C=O) groups is 1. The van der Waals surface area contributed by atoms with Crippen molar-refractivity contribution in [1.82, 2.24) is 4.57 Å². The molecule has 21 heavy (non-hydrogen) atoms. The zero-order chi connectivity index (χ0) is 15.6. The Kier molecular flexibility index (Phi) is 4.40. The predicted octanol–water partition coefficient (Wildman–Crippen LogP) is 3.66. The highest BCUT2D eigenvalue weighted by Gasteiger charge is 2.16. The van der Waals surface area contributed by atoms with E-state index in [1.165, 1.54) is 0 Å². The molecule has 0 atom stereocenters. The minimum atomic E-state index is -0.691. The average molecular weight is 293 g/mol. The van der Waals surface area contributed by atoms with Crippen LogP contribution in [0, 0.1) is 25.5 Å². The number of aryl methyl sites for hydroxylation is 1. The number of Topliss-reactive ketones (excluding diaryl/α,β-unsaturated/α-hetero) is 1. The number of nitrogens with zero attached hydrogens (tertiary/aromatic N) is 1. The van der Waals surface area contributed by atoms with Crippen LogP contribution in [0.4, 0.5) is 8.78 Å². The molecule has 2 rings (SSSR count). The van der Waals surface area contributed by atoms with E-state index in [4.69, 9.17) is 4.74 Å². The molecule has 0 aliphatic carbocycles. The molecular weight excluding hydrogens is 276 g/mol. The van der Waals surface area contributed by atoms with Crippen molar-refractivity contribution >= 4 is 5.78 Å². The summed E-state index contributed by atoms with van der Waals surface area (Å²) in [5.74, 6) is -1.81. The van der Waals surface area contributed by atoms with E-state index in [2.05, 4.69) is 0 Å². The van der Waals surface area contributed by atoms with Gasteiger partial charge in [-0.2, -0.15) is 0 Å². The van der Waals surface area contributed by atoms with Crippen molar-refractivity contribution in [2.24, 2.45) is 0 Å². The first kappa shape index (κ1) is 15.2. The quantitative estimate of drug-likeness (QED) is 0.788. The molecule has 0 amide bonds. The third kappa shape index (κ3) is 3.12. The van der Waals surface area contributed by atoms with Gasteiger partial charge in [0.2, 0.25) is 5.78 Å². The van der Waals surface area contributed by atoms with Gasteiger partial charge in [-0.1, -0.05) is 0 Å². The molecule has 0 spiro atoms. The van der Waals surface area contributed by atoms with Gasteiger partial charge in [-0.05, 0) is 39.0 Å². The maximum atomic E-state index is 13.4. The highest BCUT2D eigenvalue weighted by atomic mass is 19.1. The fourth-order valence-corrected chi connectivity index (χ4v) is 2.38. The van der Waals surface area contributed by atoms with E-state index in [1.807, 2.05) is 25.3 Å². The maximum Gasteiger partial charge on any atom is 0.202 e. The zero-order valence-corrected chi connectivity index (χ0v) is 12.2. The van der Waals surface area contributed by atoms with Crippen molar-refractivity contribution < 1.29 is 18.3 Å². The van der Waals surface area contributed by atoms with Crippen molar-refractivity contribution in [3.63, 3.8) is 0 Å². The van der Waals surface area contributed by atoms with Crippen LogP contribution in [0.2, 0.25) is 0 Å². The number of ketones is 1. The zero-order valence-electron chi connectivity index (χ0n) is 12.2. The Hall–Kier alpha value is -2.17. The lowest BCUT2D eigenvalue weighted by Gasteiger charge is -2.08. The Morgan fingerprint density at radius 2 is 1.95 bits per heavy atom. The standard InChI is InChI=1S/C16H17F2NO2/c1-4-19-10(2)7-13(11(19)3)15(20)9-21-16-8-12(17)5-6-14(16)18/h5-8H,4,9H2,1-3H3. The van der Waals surface area contributed by atoms with Crippen LogP contribution in [0.1, 0.15) is 28.7 Å². The maximum absolute atomic E-state index is 13.4. The smallest absolute Gasteiger partial charge is 0.202 e. The second kappa shape index (κ2) is 6.08. The molecule has 0 saturated heterocycles. The molecule has 112 valence electrons. The van der Waals surface area contributed by atoms with E-state index < -0.39 is 11.6 Å². The summed E-state index contributed by atoms with van der Waals surface area (Å²) in [5, 5.41) is 0. The van der Waals surface area contributed by atoms with Gasteiger partial charge in [-0.15, -0.1) is 0 Å². The highest BCUT2D eigenvalue weighted by Crippen LogP contribution is 2.20. The molecule has 0 fully saturated rings. The molecule has 0 aliphatic rings. The van der Waals surface area contributed by atoms with Gasteiger partial charge < -0.3 is 9.30 Å². The number of hydrogen-bond donors (Lipinski definition) is 0. The molecule has 0 aliphatic heterocycles. The minimum absolute atomic E-state index is 0.257. The highest BCUT2D eigenvalue weighted by molar-refractivity contribution is 5.98. The molecule has 0 N–H and O–H groups in total. The van der Waals surface area contributed by atoms with Gasteiger partial charge in [-0.25, -0.2) is 8.78 Å². The second-order valence-electron chi connectivity index (χ2n) is 4.82. The molecular formula is C16H17F2NO2. The third-order valence-electron chi connectivity index (χ3n) is 3.44. The number of carbonyl (C=O) groups excluding carboxylic acids is 1. The van der Waals surface area contributed by atoms with Gasteiger partial charge in [0, 0.05) is 29.6 Å². The van der Waals surface area contributed by atoms with Gasteiger partial charge >= 0.3 is 0 Å². The van der Waals surface area contributed by atoms with E-state index in [0.717, 1.165) is 36.1 Å². The Bertz CT molecular complexity index is 677. The van der Waals surface area contributed by atoms with E-state index >= 15 is 0 Å². The van der Waals surface area contributed by atoms with Crippen LogP contribution in [0.15, 0.2) is 24.3 Å². The van der Waals surface area contributed by atoms with E-state index in [-0.39, 0.29) is 18.1 Å². The van der Waals surface area contributed by atoms with Gasteiger partial charge in [0.1, 0.15) is 5.82 Å². The Labute approximate surface area is 122 Å². The monoisotopic (exact) mass is 293 g/mol. The number of halogens is 2. The minimum Gasteiger partial charge on any atom is -0.482 e. The van der Waals surface area contributed by atoms with Crippen LogP contribution in [0.25, 0.3) is 0 Å². The lowest BCUT2D eigenvalue weighted by atomic mass is 10.1. The Balaban J connectivity index is 2.14. The summed E-state index contributed by atoms with van der Waals surface area (Å²) in [7, 11) is 0. The Morgan fingerprint density at radius 3 is 2.57 bits per heavy atom. The fourth-order valence-electron chi connectivity index (χ4n) is 2.38. The largest absolute Gasteiger partial charge is 0.482 e. The molecule has 2 aromatic rings. The molecule has 0 bridgehead atoms. The molecule has 1 aromatic carbocycles. The summed E-state index contributed by atoms with van der Waals surface area (Å²) in [6, 6.07) is 4.68. The summed E-state index contributed by atoms with van der Waals surface area (Å²) in [4.78, 5) is 12.2. The van der Waals surface area contributed by atoms with Gasteiger partial charge in [0.25, 0.3) is 0 Å². The molecule has 1 aromatic heterocycles. The fraction of sp³-hybridized carbons (Fsp3) is 0.312.